The number of hydrogen-bond donors (Lipinski definition) is 2. The number of benzene rings is 3. The van der Waals surface area contributed by atoms with Gasteiger partial charge < -0.3 is 20.1 Å². The monoisotopic (exact) mass is 541 g/mol. The van der Waals surface area contributed by atoms with Crippen LogP contribution in [0.25, 0.3) is 0 Å². The van der Waals surface area contributed by atoms with Gasteiger partial charge in [-0.3, -0.25) is 14.6 Å². The van der Waals surface area contributed by atoms with E-state index in [0.717, 1.165) is 16.7 Å². The molecule has 40 heavy (non-hydrogen) atoms. The number of aliphatic imine (C=N–C) groups is 1. The van der Waals surface area contributed by atoms with E-state index in [1.807, 2.05) is 75.4 Å². The van der Waals surface area contributed by atoms with Crippen molar-refractivity contribution in [3.05, 3.63) is 95.1 Å². The largest absolute Gasteiger partial charge is 0.462 e. The molecule has 0 fully saturated rings. The highest BCUT2D eigenvalue weighted by atomic mass is 16.6. The molecule has 8 nitrogen and oxygen atoms in total. The first kappa shape index (κ1) is 28.7. The first-order valence-electron chi connectivity index (χ1n) is 13.4. The highest BCUT2D eigenvalue weighted by Crippen LogP contribution is 2.37. The molecule has 0 saturated carbocycles. The molecule has 1 atom stereocenters. The van der Waals surface area contributed by atoms with Crippen LogP contribution < -0.4 is 10.6 Å². The van der Waals surface area contributed by atoms with Crippen molar-refractivity contribution in [3.8, 4) is 0 Å². The fourth-order valence-electron chi connectivity index (χ4n) is 4.42. The van der Waals surface area contributed by atoms with Crippen LogP contribution in [0.5, 0.6) is 0 Å². The fraction of sp³-hybridized carbons (Fsp3) is 0.312. The van der Waals surface area contributed by atoms with Crippen LogP contribution in [0.15, 0.2) is 77.8 Å². The third-order valence-electron chi connectivity index (χ3n) is 6.18. The molecule has 1 unspecified atom stereocenters. The summed E-state index contributed by atoms with van der Waals surface area (Å²) in [6.45, 7) is 8.70. The third kappa shape index (κ3) is 7.42. The maximum atomic E-state index is 13.2. The Morgan fingerprint density at radius 3 is 2.38 bits per heavy atom. The summed E-state index contributed by atoms with van der Waals surface area (Å²) in [6.07, 6.45) is 0.298. The molecule has 0 aliphatic carbocycles. The Morgan fingerprint density at radius 1 is 0.975 bits per heavy atom. The lowest BCUT2D eigenvalue weighted by Gasteiger charge is -2.19. The van der Waals surface area contributed by atoms with E-state index >= 15 is 0 Å². The van der Waals surface area contributed by atoms with E-state index in [4.69, 9.17) is 14.5 Å². The number of hydrogen-bond acceptors (Lipinski definition) is 7. The minimum absolute atomic E-state index is 0.204. The minimum Gasteiger partial charge on any atom is -0.462 e. The summed E-state index contributed by atoms with van der Waals surface area (Å²) in [5, 5.41) is 6.17. The highest BCUT2D eigenvalue weighted by molar-refractivity contribution is 6.24. The maximum absolute atomic E-state index is 13.2. The third-order valence-corrected chi connectivity index (χ3v) is 6.18. The summed E-state index contributed by atoms with van der Waals surface area (Å²) in [5.74, 6) is -1.50. The Bertz CT molecular complexity index is 1390. The van der Waals surface area contributed by atoms with Crippen LogP contribution in [-0.2, 0) is 25.6 Å². The molecule has 2 N–H and O–H groups in total. The van der Waals surface area contributed by atoms with Crippen LogP contribution in [0.2, 0.25) is 0 Å². The lowest BCUT2D eigenvalue weighted by molar-refractivity contribution is -0.154. The van der Waals surface area contributed by atoms with Gasteiger partial charge in [-0.15, -0.1) is 0 Å². The molecule has 0 saturated heterocycles. The number of carbonyl (C=O) groups excluding carboxylic acids is 3. The van der Waals surface area contributed by atoms with Crippen molar-refractivity contribution < 1.29 is 23.9 Å². The van der Waals surface area contributed by atoms with Crippen molar-refractivity contribution in [2.45, 2.75) is 52.2 Å². The predicted molar refractivity (Wildman–Crippen MR) is 155 cm³/mol. The fourth-order valence-corrected chi connectivity index (χ4v) is 4.42. The lowest BCUT2D eigenvalue weighted by Crippen LogP contribution is -2.26. The zero-order valence-electron chi connectivity index (χ0n) is 23.3. The molecule has 0 radical (unpaired) electrons. The molecular formula is C32H35N3O5. The smallest absolute Gasteiger partial charge is 0.338 e. The van der Waals surface area contributed by atoms with Crippen LogP contribution in [-0.4, -0.2) is 42.3 Å². The standard InChI is InChI=1S/C32H35N3O5/c1-5-39-31(38)23-13-16-25-26(19-23)35-30(37)28(25)29(22-9-7-6-8-10-22)34-24-14-11-21(12-15-24)20-33-18-17-27(36)40-32(2,3)4/h6-16,19,28,33H,5,17-18,20H2,1-4H3,(H,35,37). The molecule has 8 heteroatoms. The molecule has 4 rings (SSSR count). The number of amides is 1. The van der Waals surface area contributed by atoms with Gasteiger partial charge in [0.05, 0.1) is 30.0 Å². The van der Waals surface area contributed by atoms with E-state index in [1.54, 1.807) is 25.1 Å². The number of carbonyl (C=O) groups is 3. The van der Waals surface area contributed by atoms with Crippen molar-refractivity contribution in [2.75, 3.05) is 18.5 Å². The number of fused-ring (bicyclic) bond motifs is 1. The van der Waals surface area contributed by atoms with E-state index in [2.05, 4.69) is 10.6 Å². The van der Waals surface area contributed by atoms with E-state index in [0.29, 0.717) is 42.2 Å². The quantitative estimate of drug-likeness (QED) is 0.198. The van der Waals surface area contributed by atoms with Crippen molar-refractivity contribution in [1.29, 1.82) is 0 Å². The number of rotatable bonds is 10. The highest BCUT2D eigenvalue weighted by Gasteiger charge is 2.36. The van der Waals surface area contributed by atoms with Crippen LogP contribution in [0, 0.1) is 0 Å². The predicted octanol–water partition coefficient (Wildman–Crippen LogP) is 5.54. The van der Waals surface area contributed by atoms with E-state index in [9.17, 15) is 14.4 Å². The Hall–Kier alpha value is -4.30. The van der Waals surface area contributed by atoms with E-state index in [1.165, 1.54) is 0 Å². The zero-order valence-corrected chi connectivity index (χ0v) is 23.3. The first-order chi connectivity index (χ1) is 19.1. The summed E-state index contributed by atoms with van der Waals surface area (Å²) in [6, 6.07) is 22.5. The van der Waals surface area contributed by atoms with Crippen molar-refractivity contribution in [1.82, 2.24) is 5.32 Å². The second kappa shape index (κ2) is 12.7. The Balaban J connectivity index is 1.52. The normalized spacial score (nSPS) is 14.8. The van der Waals surface area contributed by atoms with Gasteiger partial charge in [-0.25, -0.2) is 4.79 Å². The summed E-state index contributed by atoms with van der Waals surface area (Å²) in [7, 11) is 0. The SMILES string of the molecule is CCOC(=O)c1ccc2c(c1)NC(=O)C2C(=Nc1ccc(CNCCC(=O)OC(C)(C)C)cc1)c1ccccc1. The minimum atomic E-state index is -0.636. The number of nitrogens with zero attached hydrogens (tertiary/aromatic N) is 1. The average Bonchev–Trinajstić information content (AvgIpc) is 3.24. The van der Waals surface area contributed by atoms with Crippen LogP contribution in [0.3, 0.4) is 0 Å². The summed E-state index contributed by atoms with van der Waals surface area (Å²) in [5.41, 5.74) is 4.43. The number of ether oxygens (including phenoxy) is 2. The molecule has 208 valence electrons. The molecule has 1 amide bonds. The van der Waals surface area contributed by atoms with E-state index in [-0.39, 0.29) is 18.5 Å². The Morgan fingerprint density at radius 2 is 1.70 bits per heavy atom. The summed E-state index contributed by atoms with van der Waals surface area (Å²) < 4.78 is 10.4. The van der Waals surface area contributed by atoms with E-state index < -0.39 is 17.5 Å². The first-order valence-corrected chi connectivity index (χ1v) is 13.4. The molecule has 3 aromatic carbocycles. The summed E-state index contributed by atoms with van der Waals surface area (Å²) in [4.78, 5) is 42.2. The molecule has 0 aromatic heterocycles. The number of nitrogens with one attached hydrogen (secondary N) is 2. The summed E-state index contributed by atoms with van der Waals surface area (Å²) >= 11 is 0. The van der Waals surface area contributed by atoms with Gasteiger partial charge in [0.2, 0.25) is 5.91 Å². The molecule has 3 aromatic rings. The number of anilines is 1. The Labute approximate surface area is 234 Å². The van der Waals surface area contributed by atoms with Crippen molar-refractivity contribution in [2.24, 2.45) is 4.99 Å². The van der Waals surface area contributed by atoms with Gasteiger partial charge in [0.15, 0.2) is 0 Å². The molecule has 1 aliphatic rings. The van der Waals surface area contributed by atoms with Gasteiger partial charge in [0.25, 0.3) is 0 Å². The topological polar surface area (TPSA) is 106 Å². The second-order valence-corrected chi connectivity index (χ2v) is 10.5. The van der Waals surface area contributed by atoms with Crippen LogP contribution >= 0.6 is 0 Å². The zero-order chi connectivity index (χ0) is 28.7. The Kier molecular flexibility index (Phi) is 9.11. The van der Waals surface area contributed by atoms with Gasteiger partial charge in [0, 0.05) is 18.8 Å². The number of esters is 2. The molecule has 1 aliphatic heterocycles. The lowest BCUT2D eigenvalue weighted by atomic mass is 9.90. The molecule has 0 bridgehead atoms. The molecule has 0 spiro atoms. The van der Waals surface area contributed by atoms with Gasteiger partial charge in [-0.2, -0.15) is 0 Å². The molecule has 1 heterocycles. The maximum Gasteiger partial charge on any atom is 0.338 e. The van der Waals surface area contributed by atoms with Crippen molar-refractivity contribution >= 4 is 34.9 Å². The van der Waals surface area contributed by atoms with Gasteiger partial charge >= 0.3 is 11.9 Å². The second-order valence-electron chi connectivity index (χ2n) is 10.5. The average molecular weight is 542 g/mol. The van der Waals surface area contributed by atoms with Crippen molar-refractivity contribution in [3.63, 3.8) is 0 Å². The van der Waals surface area contributed by atoms with Gasteiger partial charge in [0.1, 0.15) is 11.5 Å². The molecular weight excluding hydrogens is 506 g/mol. The van der Waals surface area contributed by atoms with Gasteiger partial charge in [-0.1, -0.05) is 48.5 Å². The van der Waals surface area contributed by atoms with Crippen LogP contribution in [0.4, 0.5) is 11.4 Å². The van der Waals surface area contributed by atoms with Gasteiger partial charge in [-0.05, 0) is 68.7 Å². The van der Waals surface area contributed by atoms with Crippen LogP contribution in [0.1, 0.15) is 67.1 Å².